The molecule has 27 heavy (non-hydrogen) atoms. The third kappa shape index (κ3) is 3.47. The molecule has 3 aliphatic heterocycles. The van der Waals surface area contributed by atoms with E-state index in [1.54, 1.807) is 14.2 Å². The van der Waals surface area contributed by atoms with E-state index >= 15 is 0 Å². The maximum atomic E-state index is 12.8. The van der Waals surface area contributed by atoms with Crippen LogP contribution in [-0.2, 0) is 9.53 Å². The monoisotopic (exact) mass is 374 g/mol. The topological polar surface area (TPSA) is 60.0 Å². The van der Waals surface area contributed by atoms with Crippen LogP contribution in [0.25, 0.3) is 0 Å². The molecule has 4 unspecified atom stereocenters. The highest BCUT2D eigenvalue weighted by atomic mass is 16.5. The standard InChI is InChI=1S/C21H30N2O4/c1-21(11-16-4-5-19(21)27-16)20(24)22-12-14-6-7-23(13-14)15-8-17(25-2)10-18(9-15)26-3/h8-10,14,16,19H,4-7,11-13H2,1-3H3,(H,22,24). The minimum Gasteiger partial charge on any atom is -0.497 e. The van der Waals surface area contributed by atoms with Crippen molar-refractivity contribution in [2.75, 3.05) is 38.8 Å². The Kier molecular flexibility index (Phi) is 4.93. The van der Waals surface area contributed by atoms with E-state index in [4.69, 9.17) is 14.2 Å². The number of ether oxygens (including phenoxy) is 3. The molecule has 0 radical (unpaired) electrons. The molecule has 148 valence electrons. The van der Waals surface area contributed by atoms with Gasteiger partial charge >= 0.3 is 0 Å². The first kappa shape index (κ1) is 18.4. The molecule has 0 saturated carbocycles. The molecule has 2 bridgehead atoms. The van der Waals surface area contributed by atoms with Crippen LogP contribution in [0, 0.1) is 11.3 Å². The lowest BCUT2D eigenvalue weighted by Crippen LogP contribution is -2.46. The van der Waals surface area contributed by atoms with Crippen molar-refractivity contribution in [3.8, 4) is 11.5 Å². The number of nitrogens with zero attached hydrogens (tertiary/aromatic N) is 1. The van der Waals surface area contributed by atoms with E-state index in [0.29, 0.717) is 5.92 Å². The van der Waals surface area contributed by atoms with Gasteiger partial charge < -0.3 is 24.4 Å². The molecule has 0 aliphatic carbocycles. The lowest BCUT2D eigenvalue weighted by molar-refractivity contribution is -0.133. The van der Waals surface area contributed by atoms with Gasteiger partial charge in [-0.15, -0.1) is 0 Å². The zero-order valence-corrected chi connectivity index (χ0v) is 16.5. The predicted molar refractivity (Wildman–Crippen MR) is 103 cm³/mol. The average Bonchev–Trinajstić information content (AvgIpc) is 3.41. The lowest BCUT2D eigenvalue weighted by Gasteiger charge is -2.30. The summed E-state index contributed by atoms with van der Waals surface area (Å²) in [7, 11) is 3.34. The Morgan fingerprint density at radius 3 is 2.56 bits per heavy atom. The molecule has 1 aromatic carbocycles. The molecule has 3 heterocycles. The molecule has 0 aromatic heterocycles. The van der Waals surface area contributed by atoms with E-state index in [2.05, 4.69) is 17.1 Å². The van der Waals surface area contributed by atoms with Crippen LogP contribution in [-0.4, -0.2) is 52.0 Å². The number of carbonyl (C=O) groups is 1. The number of hydrogen-bond donors (Lipinski definition) is 1. The Labute approximate surface area is 161 Å². The molecule has 1 aromatic rings. The molecule has 4 atom stereocenters. The largest absolute Gasteiger partial charge is 0.497 e. The number of amides is 1. The zero-order chi connectivity index (χ0) is 19.0. The summed E-state index contributed by atoms with van der Waals surface area (Å²) in [6.45, 7) is 4.69. The second-order valence-electron chi connectivity index (χ2n) is 8.33. The molecule has 4 rings (SSSR count). The third-order valence-electron chi connectivity index (χ3n) is 6.53. The summed E-state index contributed by atoms with van der Waals surface area (Å²) in [5, 5.41) is 3.21. The summed E-state index contributed by atoms with van der Waals surface area (Å²) in [4.78, 5) is 15.1. The van der Waals surface area contributed by atoms with Gasteiger partial charge in [0.2, 0.25) is 5.91 Å². The predicted octanol–water partition coefficient (Wildman–Crippen LogP) is 2.60. The molecule has 0 spiro atoms. The maximum Gasteiger partial charge on any atom is 0.228 e. The van der Waals surface area contributed by atoms with Gasteiger partial charge in [0.15, 0.2) is 0 Å². The van der Waals surface area contributed by atoms with Crippen molar-refractivity contribution in [1.82, 2.24) is 5.32 Å². The molecule has 3 saturated heterocycles. The minimum atomic E-state index is -0.346. The second-order valence-corrected chi connectivity index (χ2v) is 8.33. The normalized spacial score (nSPS) is 32.0. The molecule has 1 N–H and O–H groups in total. The van der Waals surface area contributed by atoms with E-state index in [1.807, 2.05) is 18.2 Å². The Morgan fingerprint density at radius 2 is 1.96 bits per heavy atom. The summed E-state index contributed by atoms with van der Waals surface area (Å²) >= 11 is 0. The summed E-state index contributed by atoms with van der Waals surface area (Å²) in [5.74, 6) is 2.21. The van der Waals surface area contributed by atoms with Crippen LogP contribution in [0.5, 0.6) is 11.5 Å². The highest BCUT2D eigenvalue weighted by molar-refractivity contribution is 5.83. The van der Waals surface area contributed by atoms with Gasteiger partial charge in [-0.05, 0) is 38.5 Å². The molecule has 1 amide bonds. The number of anilines is 1. The molecule has 6 heteroatoms. The molecular formula is C21H30N2O4. The van der Waals surface area contributed by atoms with Gasteiger partial charge in [-0.3, -0.25) is 4.79 Å². The SMILES string of the molecule is COc1cc(OC)cc(N2CCC(CNC(=O)C3(C)CC4CCC3O4)C2)c1. The fraction of sp³-hybridized carbons (Fsp3) is 0.667. The van der Waals surface area contributed by atoms with Gasteiger partial charge in [0.05, 0.1) is 31.8 Å². The van der Waals surface area contributed by atoms with E-state index in [-0.39, 0.29) is 23.5 Å². The molecular weight excluding hydrogens is 344 g/mol. The van der Waals surface area contributed by atoms with Crippen LogP contribution >= 0.6 is 0 Å². The summed E-state index contributed by atoms with van der Waals surface area (Å²) in [6, 6.07) is 5.96. The van der Waals surface area contributed by atoms with E-state index in [1.165, 1.54) is 0 Å². The van der Waals surface area contributed by atoms with E-state index in [9.17, 15) is 4.79 Å². The number of hydrogen-bond acceptors (Lipinski definition) is 5. The quantitative estimate of drug-likeness (QED) is 0.829. The first-order chi connectivity index (χ1) is 13.0. The van der Waals surface area contributed by atoms with Crippen molar-refractivity contribution >= 4 is 11.6 Å². The summed E-state index contributed by atoms with van der Waals surface area (Å²) in [6.07, 6.45) is 4.45. The number of benzene rings is 1. The van der Waals surface area contributed by atoms with Crippen LogP contribution in [0.15, 0.2) is 18.2 Å². The maximum absolute atomic E-state index is 12.8. The molecule has 3 aliphatic rings. The number of fused-ring (bicyclic) bond motifs is 2. The van der Waals surface area contributed by atoms with Crippen LogP contribution < -0.4 is 19.7 Å². The minimum absolute atomic E-state index is 0.104. The second kappa shape index (κ2) is 7.23. The van der Waals surface area contributed by atoms with E-state index < -0.39 is 0 Å². The first-order valence-electron chi connectivity index (χ1n) is 9.93. The fourth-order valence-corrected chi connectivity index (χ4v) is 4.82. The van der Waals surface area contributed by atoms with Crippen LogP contribution in [0.4, 0.5) is 5.69 Å². The van der Waals surface area contributed by atoms with Crippen molar-refractivity contribution in [3.05, 3.63) is 18.2 Å². The Morgan fingerprint density at radius 1 is 1.22 bits per heavy atom. The van der Waals surface area contributed by atoms with Crippen LogP contribution in [0.2, 0.25) is 0 Å². The Balaban J connectivity index is 1.33. The van der Waals surface area contributed by atoms with Gasteiger partial charge in [0.1, 0.15) is 11.5 Å². The van der Waals surface area contributed by atoms with Gasteiger partial charge in [0.25, 0.3) is 0 Å². The smallest absolute Gasteiger partial charge is 0.228 e. The molecule has 6 nitrogen and oxygen atoms in total. The first-order valence-corrected chi connectivity index (χ1v) is 9.93. The van der Waals surface area contributed by atoms with Gasteiger partial charge in [-0.25, -0.2) is 0 Å². The highest BCUT2D eigenvalue weighted by Gasteiger charge is 2.53. The van der Waals surface area contributed by atoms with Crippen molar-refractivity contribution in [2.45, 2.75) is 44.8 Å². The third-order valence-corrected chi connectivity index (χ3v) is 6.53. The van der Waals surface area contributed by atoms with Crippen molar-refractivity contribution < 1.29 is 19.0 Å². The van der Waals surface area contributed by atoms with Crippen molar-refractivity contribution in [3.63, 3.8) is 0 Å². The average molecular weight is 374 g/mol. The number of carbonyl (C=O) groups excluding carboxylic acids is 1. The van der Waals surface area contributed by atoms with Gasteiger partial charge in [0, 0.05) is 43.5 Å². The molecule has 3 fully saturated rings. The fourth-order valence-electron chi connectivity index (χ4n) is 4.82. The number of methoxy groups -OCH3 is 2. The van der Waals surface area contributed by atoms with Gasteiger partial charge in [-0.2, -0.15) is 0 Å². The highest BCUT2D eigenvalue weighted by Crippen LogP contribution is 2.47. The van der Waals surface area contributed by atoms with Gasteiger partial charge in [-0.1, -0.05) is 0 Å². The number of nitrogens with one attached hydrogen (secondary N) is 1. The van der Waals surface area contributed by atoms with Crippen LogP contribution in [0.1, 0.15) is 32.6 Å². The summed E-state index contributed by atoms with van der Waals surface area (Å²) in [5.41, 5.74) is 0.759. The summed E-state index contributed by atoms with van der Waals surface area (Å²) < 4.78 is 16.7. The zero-order valence-electron chi connectivity index (χ0n) is 16.5. The van der Waals surface area contributed by atoms with Crippen molar-refractivity contribution in [1.29, 1.82) is 0 Å². The lowest BCUT2D eigenvalue weighted by atomic mass is 9.75. The van der Waals surface area contributed by atoms with E-state index in [0.717, 1.165) is 62.5 Å². The number of rotatable bonds is 6. The van der Waals surface area contributed by atoms with Crippen LogP contribution in [0.3, 0.4) is 0 Å². The Hall–Kier alpha value is -1.95. The van der Waals surface area contributed by atoms with Crippen molar-refractivity contribution in [2.24, 2.45) is 11.3 Å². The Bertz CT molecular complexity index is 687.